The predicted molar refractivity (Wildman–Crippen MR) is 44.2 cm³/mol. The Hall–Kier alpha value is -1.39. The van der Waals surface area contributed by atoms with Crippen LogP contribution in [0.25, 0.3) is 0 Å². The average Bonchev–Trinajstić information content (AvgIpc) is 2.33. The summed E-state index contributed by atoms with van der Waals surface area (Å²) in [4.78, 5) is 14.3. The first-order valence-electron chi connectivity index (χ1n) is 4.09. The van der Waals surface area contributed by atoms with Gasteiger partial charge in [-0.15, -0.1) is 0 Å². The summed E-state index contributed by atoms with van der Waals surface area (Å²) in [7, 11) is 0. The minimum absolute atomic E-state index is 0.0253. The molecule has 0 spiro atoms. The van der Waals surface area contributed by atoms with E-state index in [2.05, 4.69) is 10.1 Å². The lowest BCUT2D eigenvalue weighted by atomic mass is 10.0. The molecule has 0 aromatic carbocycles. The molecule has 13 heavy (non-hydrogen) atoms. The lowest BCUT2D eigenvalue weighted by molar-refractivity contribution is -0.137. The number of aliphatic carboxylic acids is 1. The molecule has 0 bridgehead atoms. The fraction of sp³-hybridized carbons (Fsp3) is 0.625. The standard InChI is InChI=1S/C8H12N2O3/c1-5(4-8(11)12)3-7-9-6(2)10-13-7/h5H,3-4H2,1-2H3,(H,11,12). The molecular weight excluding hydrogens is 172 g/mol. The van der Waals surface area contributed by atoms with Crippen molar-refractivity contribution in [2.45, 2.75) is 26.7 Å². The highest BCUT2D eigenvalue weighted by Crippen LogP contribution is 2.09. The second-order valence-corrected chi connectivity index (χ2v) is 3.14. The van der Waals surface area contributed by atoms with E-state index >= 15 is 0 Å². The van der Waals surface area contributed by atoms with Crippen molar-refractivity contribution >= 4 is 5.97 Å². The molecule has 0 aliphatic rings. The zero-order valence-electron chi connectivity index (χ0n) is 7.65. The van der Waals surface area contributed by atoms with Crippen molar-refractivity contribution < 1.29 is 14.4 Å². The minimum Gasteiger partial charge on any atom is -0.481 e. The Morgan fingerprint density at radius 2 is 2.38 bits per heavy atom. The molecule has 0 saturated carbocycles. The molecule has 0 fully saturated rings. The Balaban J connectivity index is 2.44. The first-order valence-corrected chi connectivity index (χ1v) is 4.09. The number of carboxylic acids is 1. The summed E-state index contributed by atoms with van der Waals surface area (Å²) < 4.78 is 4.86. The number of carboxylic acid groups (broad SMARTS) is 1. The van der Waals surface area contributed by atoms with Gasteiger partial charge in [0.2, 0.25) is 5.89 Å². The van der Waals surface area contributed by atoms with Gasteiger partial charge in [0.05, 0.1) is 0 Å². The van der Waals surface area contributed by atoms with Crippen molar-refractivity contribution in [3.8, 4) is 0 Å². The third-order valence-corrected chi connectivity index (χ3v) is 1.62. The molecule has 72 valence electrons. The smallest absolute Gasteiger partial charge is 0.303 e. The van der Waals surface area contributed by atoms with Crippen molar-refractivity contribution in [3.63, 3.8) is 0 Å². The fourth-order valence-electron chi connectivity index (χ4n) is 1.09. The zero-order chi connectivity index (χ0) is 9.84. The molecule has 0 aliphatic carbocycles. The summed E-state index contributed by atoms with van der Waals surface area (Å²) >= 11 is 0. The number of rotatable bonds is 4. The van der Waals surface area contributed by atoms with E-state index in [1.165, 1.54) is 0 Å². The molecule has 0 aliphatic heterocycles. The lowest BCUT2D eigenvalue weighted by Gasteiger charge is -2.02. The van der Waals surface area contributed by atoms with Crippen molar-refractivity contribution in [1.29, 1.82) is 0 Å². The summed E-state index contributed by atoms with van der Waals surface area (Å²) in [6.07, 6.45) is 0.647. The summed E-state index contributed by atoms with van der Waals surface area (Å²) in [6, 6.07) is 0. The Morgan fingerprint density at radius 3 is 2.85 bits per heavy atom. The molecule has 0 radical (unpaired) electrons. The van der Waals surface area contributed by atoms with Crippen LogP contribution in [0.15, 0.2) is 4.52 Å². The van der Waals surface area contributed by atoms with E-state index < -0.39 is 5.97 Å². The van der Waals surface area contributed by atoms with E-state index in [0.29, 0.717) is 18.1 Å². The summed E-state index contributed by atoms with van der Waals surface area (Å²) in [5.41, 5.74) is 0. The number of hydrogen-bond acceptors (Lipinski definition) is 4. The molecular formula is C8H12N2O3. The molecule has 0 amide bonds. The van der Waals surface area contributed by atoms with Crippen LogP contribution in [0.4, 0.5) is 0 Å². The molecule has 1 N–H and O–H groups in total. The van der Waals surface area contributed by atoms with E-state index in [0.717, 1.165) is 0 Å². The van der Waals surface area contributed by atoms with Crippen LogP contribution in [0.3, 0.4) is 0 Å². The SMILES string of the molecule is Cc1noc(CC(C)CC(=O)O)n1. The molecule has 1 aromatic heterocycles. The summed E-state index contributed by atoms with van der Waals surface area (Å²) in [5.74, 6) is 0.310. The van der Waals surface area contributed by atoms with Gasteiger partial charge in [-0.05, 0) is 12.8 Å². The zero-order valence-corrected chi connectivity index (χ0v) is 7.65. The van der Waals surface area contributed by atoms with Crippen molar-refractivity contribution in [3.05, 3.63) is 11.7 Å². The van der Waals surface area contributed by atoms with E-state index in [1.54, 1.807) is 6.92 Å². The average molecular weight is 184 g/mol. The van der Waals surface area contributed by atoms with Crippen molar-refractivity contribution in [1.82, 2.24) is 10.1 Å². The molecule has 1 atom stereocenters. The topological polar surface area (TPSA) is 76.2 Å². The maximum absolute atomic E-state index is 10.3. The summed E-state index contributed by atoms with van der Waals surface area (Å²) in [5, 5.41) is 12.1. The van der Waals surface area contributed by atoms with Crippen LogP contribution < -0.4 is 0 Å². The van der Waals surface area contributed by atoms with Crippen LogP contribution >= 0.6 is 0 Å². The number of aromatic nitrogens is 2. The molecule has 1 aromatic rings. The van der Waals surface area contributed by atoms with Gasteiger partial charge in [0.15, 0.2) is 5.82 Å². The van der Waals surface area contributed by atoms with Gasteiger partial charge in [0, 0.05) is 12.8 Å². The van der Waals surface area contributed by atoms with E-state index in [1.807, 2.05) is 6.92 Å². The number of carbonyl (C=O) groups is 1. The fourth-order valence-corrected chi connectivity index (χ4v) is 1.09. The first-order chi connectivity index (χ1) is 6.08. The Morgan fingerprint density at radius 1 is 1.69 bits per heavy atom. The molecule has 1 unspecified atom stereocenters. The maximum atomic E-state index is 10.3. The van der Waals surface area contributed by atoms with Crippen LogP contribution in [-0.4, -0.2) is 21.2 Å². The predicted octanol–water partition coefficient (Wildman–Crippen LogP) is 1.03. The Bertz CT molecular complexity index is 295. The monoisotopic (exact) mass is 184 g/mol. The second kappa shape index (κ2) is 4.02. The quantitative estimate of drug-likeness (QED) is 0.756. The lowest BCUT2D eigenvalue weighted by Crippen LogP contribution is -2.07. The van der Waals surface area contributed by atoms with Crippen molar-refractivity contribution in [2.75, 3.05) is 0 Å². The Labute approximate surface area is 75.8 Å². The van der Waals surface area contributed by atoms with Gasteiger partial charge in [-0.1, -0.05) is 12.1 Å². The van der Waals surface area contributed by atoms with Crippen LogP contribution in [0.5, 0.6) is 0 Å². The van der Waals surface area contributed by atoms with Crippen LogP contribution in [0.2, 0.25) is 0 Å². The third kappa shape index (κ3) is 3.23. The van der Waals surface area contributed by atoms with Gasteiger partial charge in [-0.3, -0.25) is 4.79 Å². The first kappa shape index (κ1) is 9.70. The van der Waals surface area contributed by atoms with Gasteiger partial charge in [0.1, 0.15) is 0 Å². The highest BCUT2D eigenvalue weighted by molar-refractivity contribution is 5.66. The molecule has 5 heteroatoms. The van der Waals surface area contributed by atoms with Gasteiger partial charge < -0.3 is 9.63 Å². The number of hydrogen-bond donors (Lipinski definition) is 1. The molecule has 1 heterocycles. The van der Waals surface area contributed by atoms with Crippen LogP contribution in [0.1, 0.15) is 25.1 Å². The van der Waals surface area contributed by atoms with Gasteiger partial charge in [-0.2, -0.15) is 4.98 Å². The summed E-state index contributed by atoms with van der Waals surface area (Å²) in [6.45, 7) is 3.57. The van der Waals surface area contributed by atoms with Gasteiger partial charge >= 0.3 is 5.97 Å². The minimum atomic E-state index is -0.802. The van der Waals surface area contributed by atoms with Gasteiger partial charge in [-0.25, -0.2) is 0 Å². The van der Waals surface area contributed by atoms with Gasteiger partial charge in [0.25, 0.3) is 0 Å². The van der Waals surface area contributed by atoms with Crippen LogP contribution in [-0.2, 0) is 11.2 Å². The number of nitrogens with zero attached hydrogens (tertiary/aromatic N) is 2. The maximum Gasteiger partial charge on any atom is 0.303 e. The largest absolute Gasteiger partial charge is 0.481 e. The number of aryl methyl sites for hydroxylation is 1. The highest BCUT2D eigenvalue weighted by Gasteiger charge is 2.12. The van der Waals surface area contributed by atoms with E-state index in [4.69, 9.17) is 9.63 Å². The van der Waals surface area contributed by atoms with Crippen LogP contribution in [0, 0.1) is 12.8 Å². The Kier molecular flexibility index (Phi) is 3.00. The normalized spacial score (nSPS) is 12.8. The molecule has 1 rings (SSSR count). The van der Waals surface area contributed by atoms with Crippen molar-refractivity contribution in [2.24, 2.45) is 5.92 Å². The van der Waals surface area contributed by atoms with E-state index in [9.17, 15) is 4.79 Å². The second-order valence-electron chi connectivity index (χ2n) is 3.14. The van der Waals surface area contributed by atoms with E-state index in [-0.39, 0.29) is 12.3 Å². The molecule has 5 nitrogen and oxygen atoms in total. The third-order valence-electron chi connectivity index (χ3n) is 1.62. The highest BCUT2D eigenvalue weighted by atomic mass is 16.5. The molecule has 0 saturated heterocycles.